The van der Waals surface area contributed by atoms with Crippen molar-refractivity contribution in [1.82, 2.24) is 4.90 Å². The minimum Gasteiger partial charge on any atom is -0.465 e. The maximum Gasteiger partial charge on any atom is 0.340 e. The molecular weight excluding hydrogens is 278 g/mol. The molecule has 0 bridgehead atoms. The Bertz CT molecular complexity index is 646. The monoisotopic (exact) mass is 291 g/mol. The third-order valence-electron chi connectivity index (χ3n) is 3.22. The van der Waals surface area contributed by atoms with Crippen molar-refractivity contribution in [3.05, 3.63) is 51.7 Å². The van der Waals surface area contributed by atoms with E-state index in [9.17, 15) is 9.59 Å². The van der Waals surface area contributed by atoms with Gasteiger partial charge in [0, 0.05) is 17.8 Å². The lowest BCUT2D eigenvalue weighted by atomic mass is 10.0. The van der Waals surface area contributed by atoms with Crippen molar-refractivity contribution in [3.8, 4) is 0 Å². The van der Waals surface area contributed by atoms with Gasteiger partial charge in [-0.3, -0.25) is 4.79 Å². The van der Waals surface area contributed by atoms with E-state index in [0.29, 0.717) is 21.9 Å². The zero-order valence-corrected chi connectivity index (χ0v) is 12.2. The number of hydrogen-bond acceptors (Lipinski definition) is 3. The number of carbonyl (C=O) groups is 2. The van der Waals surface area contributed by atoms with E-state index < -0.39 is 5.97 Å². The van der Waals surface area contributed by atoms with Crippen LogP contribution in [0.25, 0.3) is 6.08 Å². The number of likely N-dealkylation sites (N-methyl/N-ethyl adjacent to an activating group) is 1. The molecule has 1 aliphatic rings. The van der Waals surface area contributed by atoms with E-state index in [2.05, 4.69) is 0 Å². The van der Waals surface area contributed by atoms with Crippen LogP contribution in [-0.2, 0) is 14.3 Å². The number of ether oxygens (including phenoxy) is 1. The molecule has 0 spiro atoms. The highest BCUT2D eigenvalue weighted by Crippen LogP contribution is 2.30. The number of benzene rings is 1. The van der Waals surface area contributed by atoms with Crippen LogP contribution in [0.1, 0.15) is 12.5 Å². The molecule has 1 aromatic carbocycles. The van der Waals surface area contributed by atoms with Crippen LogP contribution in [0.5, 0.6) is 0 Å². The lowest BCUT2D eigenvalue weighted by Gasteiger charge is -2.08. The van der Waals surface area contributed by atoms with Gasteiger partial charge in [-0.25, -0.2) is 4.79 Å². The van der Waals surface area contributed by atoms with Crippen LogP contribution in [0.4, 0.5) is 0 Å². The number of halogens is 1. The van der Waals surface area contributed by atoms with Gasteiger partial charge in [0.25, 0.3) is 5.91 Å². The molecule has 1 aliphatic heterocycles. The van der Waals surface area contributed by atoms with Gasteiger partial charge in [-0.05, 0) is 30.7 Å². The second-order valence-electron chi connectivity index (χ2n) is 4.43. The second kappa shape index (κ2) is 5.51. The van der Waals surface area contributed by atoms with Crippen LogP contribution in [0.15, 0.2) is 41.1 Å². The van der Waals surface area contributed by atoms with Gasteiger partial charge >= 0.3 is 5.97 Å². The van der Waals surface area contributed by atoms with Gasteiger partial charge in [-0.15, -0.1) is 0 Å². The first-order chi connectivity index (χ1) is 9.45. The number of rotatable bonds is 2. The van der Waals surface area contributed by atoms with E-state index in [0.717, 1.165) is 5.56 Å². The largest absolute Gasteiger partial charge is 0.465 e. The third-order valence-corrected chi connectivity index (χ3v) is 3.45. The number of carbonyl (C=O) groups excluding carboxylic acids is 2. The molecule has 20 heavy (non-hydrogen) atoms. The van der Waals surface area contributed by atoms with Crippen LogP contribution >= 0.6 is 11.6 Å². The van der Waals surface area contributed by atoms with Crippen LogP contribution in [0.3, 0.4) is 0 Å². The lowest BCUT2D eigenvalue weighted by Crippen LogP contribution is -2.19. The molecule has 0 saturated heterocycles. The molecule has 0 fully saturated rings. The van der Waals surface area contributed by atoms with Gasteiger partial charge in [-0.1, -0.05) is 23.7 Å². The summed E-state index contributed by atoms with van der Waals surface area (Å²) in [4.78, 5) is 25.5. The summed E-state index contributed by atoms with van der Waals surface area (Å²) in [5, 5.41) is 0.568. The Hall–Kier alpha value is -2.07. The molecule has 0 N–H and O–H groups in total. The minimum atomic E-state index is -0.520. The SMILES string of the molecule is COC(=O)C1=C(C)N(C)C(=O)/C1=C\c1cccc(Cl)c1. The van der Waals surface area contributed by atoms with Crippen LogP contribution in [-0.4, -0.2) is 30.9 Å². The van der Waals surface area contributed by atoms with Crippen molar-refractivity contribution in [2.45, 2.75) is 6.92 Å². The van der Waals surface area contributed by atoms with Gasteiger partial charge in [0.05, 0.1) is 18.3 Å². The number of methoxy groups -OCH3 is 1. The molecule has 2 rings (SSSR count). The summed E-state index contributed by atoms with van der Waals surface area (Å²) < 4.78 is 4.75. The number of esters is 1. The molecule has 5 heteroatoms. The van der Waals surface area contributed by atoms with Crippen molar-refractivity contribution >= 4 is 29.6 Å². The molecule has 0 aromatic heterocycles. The molecule has 1 heterocycles. The predicted molar refractivity (Wildman–Crippen MR) is 76.9 cm³/mol. The molecular formula is C15H14ClNO3. The van der Waals surface area contributed by atoms with Crippen LogP contribution in [0.2, 0.25) is 5.02 Å². The summed E-state index contributed by atoms with van der Waals surface area (Å²) in [6.07, 6.45) is 1.65. The third kappa shape index (κ3) is 2.47. The highest BCUT2D eigenvalue weighted by atomic mass is 35.5. The standard InChI is InChI=1S/C15H14ClNO3/c1-9-13(15(19)20-3)12(14(18)17(9)2)8-10-5-4-6-11(16)7-10/h4-8H,1-3H3/b12-8-. The summed E-state index contributed by atoms with van der Waals surface area (Å²) in [5.41, 5.74) is 1.94. The topological polar surface area (TPSA) is 46.6 Å². The molecule has 1 aromatic rings. The van der Waals surface area contributed by atoms with Crippen molar-refractivity contribution in [3.63, 3.8) is 0 Å². The van der Waals surface area contributed by atoms with Crippen molar-refractivity contribution in [2.75, 3.05) is 14.2 Å². The number of allylic oxidation sites excluding steroid dienone is 1. The maximum atomic E-state index is 12.2. The Balaban J connectivity index is 2.53. The van der Waals surface area contributed by atoms with E-state index in [1.165, 1.54) is 12.0 Å². The highest BCUT2D eigenvalue weighted by Gasteiger charge is 2.34. The smallest absolute Gasteiger partial charge is 0.340 e. The first kappa shape index (κ1) is 14.3. The quantitative estimate of drug-likeness (QED) is 0.622. The first-order valence-corrected chi connectivity index (χ1v) is 6.38. The Kier molecular flexibility index (Phi) is 3.95. The highest BCUT2D eigenvalue weighted by molar-refractivity contribution is 6.30. The summed E-state index contributed by atoms with van der Waals surface area (Å²) in [6.45, 7) is 1.71. The Morgan fingerprint density at radius 2 is 2.10 bits per heavy atom. The Labute approximate surface area is 122 Å². The van der Waals surface area contributed by atoms with Gasteiger partial charge < -0.3 is 9.64 Å². The maximum absolute atomic E-state index is 12.2. The van der Waals surface area contributed by atoms with Crippen LogP contribution < -0.4 is 0 Å². The Morgan fingerprint density at radius 1 is 1.40 bits per heavy atom. The fraction of sp³-hybridized carbons (Fsp3) is 0.200. The lowest BCUT2D eigenvalue weighted by molar-refractivity contribution is -0.136. The normalized spacial score (nSPS) is 17.1. The average molecular weight is 292 g/mol. The van der Waals surface area contributed by atoms with Gasteiger partial charge in [0.1, 0.15) is 0 Å². The van der Waals surface area contributed by atoms with E-state index in [1.807, 2.05) is 6.07 Å². The Morgan fingerprint density at radius 3 is 2.70 bits per heavy atom. The van der Waals surface area contributed by atoms with E-state index in [4.69, 9.17) is 16.3 Å². The molecule has 4 nitrogen and oxygen atoms in total. The van der Waals surface area contributed by atoms with Gasteiger partial charge in [0.15, 0.2) is 0 Å². The second-order valence-corrected chi connectivity index (χ2v) is 4.87. The molecule has 1 amide bonds. The zero-order valence-electron chi connectivity index (χ0n) is 11.4. The van der Waals surface area contributed by atoms with E-state index >= 15 is 0 Å². The summed E-state index contributed by atoms with van der Waals surface area (Å²) in [6, 6.07) is 7.07. The first-order valence-electron chi connectivity index (χ1n) is 6.00. The van der Waals surface area contributed by atoms with Crippen LogP contribution in [0, 0.1) is 0 Å². The summed E-state index contributed by atoms with van der Waals surface area (Å²) in [5.74, 6) is -0.753. The average Bonchev–Trinajstić information content (AvgIpc) is 2.63. The van der Waals surface area contributed by atoms with E-state index in [-0.39, 0.29) is 5.91 Å². The molecule has 0 saturated carbocycles. The fourth-order valence-corrected chi connectivity index (χ4v) is 2.26. The van der Waals surface area contributed by atoms with Crippen molar-refractivity contribution in [2.24, 2.45) is 0 Å². The minimum absolute atomic E-state index is 0.233. The molecule has 0 unspecified atom stereocenters. The van der Waals surface area contributed by atoms with Crippen molar-refractivity contribution < 1.29 is 14.3 Å². The van der Waals surface area contributed by atoms with Gasteiger partial charge in [-0.2, -0.15) is 0 Å². The van der Waals surface area contributed by atoms with E-state index in [1.54, 1.807) is 38.2 Å². The predicted octanol–water partition coefficient (Wildman–Crippen LogP) is 2.64. The zero-order chi connectivity index (χ0) is 14.9. The van der Waals surface area contributed by atoms with Gasteiger partial charge in [0.2, 0.25) is 0 Å². The molecule has 0 atom stereocenters. The summed E-state index contributed by atoms with van der Waals surface area (Å²) in [7, 11) is 2.92. The fourth-order valence-electron chi connectivity index (χ4n) is 2.06. The van der Waals surface area contributed by atoms with Crippen molar-refractivity contribution in [1.29, 1.82) is 0 Å². The molecule has 0 aliphatic carbocycles. The number of amides is 1. The molecule has 104 valence electrons. The molecule has 0 radical (unpaired) electrons. The number of hydrogen-bond donors (Lipinski definition) is 0. The number of nitrogens with zero attached hydrogens (tertiary/aromatic N) is 1. The summed E-state index contributed by atoms with van der Waals surface area (Å²) >= 11 is 5.92.